The van der Waals surface area contributed by atoms with Crippen LogP contribution in [0.3, 0.4) is 0 Å². The maximum atomic E-state index is 15.9. The van der Waals surface area contributed by atoms with E-state index in [1.54, 1.807) is 38.5 Å². The van der Waals surface area contributed by atoms with Gasteiger partial charge in [0, 0.05) is 57.3 Å². The lowest BCUT2D eigenvalue weighted by molar-refractivity contribution is 0.0257. The van der Waals surface area contributed by atoms with Crippen LogP contribution in [0.25, 0.3) is 11.0 Å². The van der Waals surface area contributed by atoms with Gasteiger partial charge in [0.05, 0.1) is 35.5 Å². The van der Waals surface area contributed by atoms with Crippen LogP contribution < -0.4 is 9.80 Å². The quantitative estimate of drug-likeness (QED) is 0.133. The number of aromatic nitrogens is 4. The van der Waals surface area contributed by atoms with Crippen molar-refractivity contribution in [3.8, 4) is 0 Å². The first kappa shape index (κ1) is 29.4. The van der Waals surface area contributed by atoms with Crippen molar-refractivity contribution in [2.24, 2.45) is 7.05 Å². The number of anilines is 2. The Bertz CT molecular complexity index is 1710. The molecular formula is C30H34F4N6O2Si. The average Bonchev–Trinajstić information content (AvgIpc) is 3.65. The van der Waals surface area contributed by atoms with Crippen molar-refractivity contribution in [2.75, 3.05) is 29.5 Å². The highest BCUT2D eigenvalue weighted by Crippen LogP contribution is 2.45. The van der Waals surface area contributed by atoms with Gasteiger partial charge in [0.2, 0.25) is 0 Å². The summed E-state index contributed by atoms with van der Waals surface area (Å²) in [5.41, 5.74) is 2.55. The van der Waals surface area contributed by atoms with Gasteiger partial charge in [-0.05, 0) is 43.3 Å². The van der Waals surface area contributed by atoms with Crippen molar-refractivity contribution < 1.29 is 27.1 Å². The predicted molar refractivity (Wildman–Crippen MR) is 159 cm³/mol. The minimum Gasteiger partial charge on any atom is -0.365 e. The van der Waals surface area contributed by atoms with Crippen molar-refractivity contribution in [1.29, 1.82) is 0 Å². The fourth-order valence-electron chi connectivity index (χ4n) is 5.83. The molecule has 8 nitrogen and oxygen atoms in total. The molecule has 4 aromatic rings. The molecule has 1 fully saturated rings. The highest BCUT2D eigenvalue weighted by atomic mass is 28.3. The van der Waals surface area contributed by atoms with E-state index in [9.17, 15) is 13.6 Å². The van der Waals surface area contributed by atoms with Crippen LogP contribution in [0.4, 0.5) is 28.9 Å². The van der Waals surface area contributed by atoms with Crippen molar-refractivity contribution in [1.82, 2.24) is 19.3 Å². The van der Waals surface area contributed by atoms with Gasteiger partial charge < -0.3 is 14.2 Å². The third kappa shape index (κ3) is 5.33. The minimum absolute atomic E-state index is 0.0128. The van der Waals surface area contributed by atoms with Crippen LogP contribution in [0, 0.1) is 18.6 Å². The van der Waals surface area contributed by atoms with Gasteiger partial charge in [0.25, 0.3) is 11.8 Å². The Morgan fingerprint density at radius 3 is 2.44 bits per heavy atom. The Balaban J connectivity index is 1.36. The topological polar surface area (TPSA) is 68.4 Å². The predicted octanol–water partition coefficient (Wildman–Crippen LogP) is 6.26. The lowest BCUT2D eigenvalue weighted by atomic mass is 9.97. The van der Waals surface area contributed by atoms with E-state index in [4.69, 9.17) is 4.74 Å². The SMILES string of the molecule is Cc1c2c(nn1C)C(=O)N(c1ccc3c(c1)ncn3COCC[Si](C)(C)C)C2c1c(F)cc(N2CCC(F)(F)C2)cc1F. The van der Waals surface area contributed by atoms with Crippen LogP contribution in [0.1, 0.15) is 39.8 Å². The highest BCUT2D eigenvalue weighted by molar-refractivity contribution is 6.76. The summed E-state index contributed by atoms with van der Waals surface area (Å²) >= 11 is 0. The van der Waals surface area contributed by atoms with Crippen molar-refractivity contribution >= 4 is 36.4 Å². The molecule has 0 radical (unpaired) electrons. The molecule has 0 saturated carbocycles. The van der Waals surface area contributed by atoms with E-state index in [1.807, 2.05) is 4.57 Å². The number of alkyl halides is 2. The summed E-state index contributed by atoms with van der Waals surface area (Å²) in [5.74, 6) is -5.28. The zero-order valence-electron chi connectivity index (χ0n) is 24.8. The third-order valence-electron chi connectivity index (χ3n) is 8.31. The molecule has 0 aliphatic carbocycles. The molecule has 43 heavy (non-hydrogen) atoms. The molecule has 2 aromatic carbocycles. The number of nitrogens with zero attached hydrogens (tertiary/aromatic N) is 6. The van der Waals surface area contributed by atoms with Crippen molar-refractivity contribution in [3.05, 3.63) is 70.8 Å². The summed E-state index contributed by atoms with van der Waals surface area (Å²) in [5, 5.41) is 4.36. The summed E-state index contributed by atoms with van der Waals surface area (Å²) < 4.78 is 68.7. The number of amides is 1. The Hall–Kier alpha value is -3.71. The lowest BCUT2D eigenvalue weighted by Crippen LogP contribution is -2.31. The molecule has 1 saturated heterocycles. The van der Waals surface area contributed by atoms with E-state index in [2.05, 4.69) is 29.7 Å². The number of benzene rings is 2. The third-order valence-corrected chi connectivity index (χ3v) is 10.0. The van der Waals surface area contributed by atoms with Crippen LogP contribution >= 0.6 is 0 Å². The number of aryl methyl sites for hydroxylation is 1. The lowest BCUT2D eigenvalue weighted by Gasteiger charge is -2.28. The molecule has 0 N–H and O–H groups in total. The molecule has 1 amide bonds. The van der Waals surface area contributed by atoms with Gasteiger partial charge in [-0.25, -0.2) is 22.5 Å². The number of carbonyl (C=O) groups is 1. The largest absolute Gasteiger partial charge is 0.365 e. The number of imidazole rings is 1. The number of carbonyl (C=O) groups excluding carboxylic acids is 1. The van der Waals surface area contributed by atoms with Gasteiger partial charge >= 0.3 is 0 Å². The second-order valence-electron chi connectivity index (χ2n) is 12.6. The molecule has 2 aliphatic rings. The molecule has 0 bridgehead atoms. The van der Waals surface area contributed by atoms with Gasteiger partial charge in [-0.2, -0.15) is 5.10 Å². The van der Waals surface area contributed by atoms with E-state index in [1.165, 1.54) is 14.5 Å². The molecule has 13 heteroatoms. The zero-order chi connectivity index (χ0) is 30.8. The second kappa shape index (κ2) is 10.5. The maximum absolute atomic E-state index is 15.9. The van der Waals surface area contributed by atoms with Crippen LogP contribution in [-0.2, 0) is 18.5 Å². The van der Waals surface area contributed by atoms with Crippen LogP contribution in [0.15, 0.2) is 36.7 Å². The van der Waals surface area contributed by atoms with E-state index in [0.717, 1.165) is 23.7 Å². The molecule has 2 aliphatic heterocycles. The smallest absolute Gasteiger partial charge is 0.280 e. The van der Waals surface area contributed by atoms with E-state index in [-0.39, 0.29) is 29.9 Å². The number of ether oxygens (including phenoxy) is 1. The van der Waals surface area contributed by atoms with E-state index >= 15 is 8.78 Å². The molecular weight excluding hydrogens is 580 g/mol. The number of halogens is 4. The second-order valence-corrected chi connectivity index (χ2v) is 18.3. The van der Waals surface area contributed by atoms with E-state index < -0.39 is 44.1 Å². The Morgan fingerprint density at radius 1 is 1.07 bits per heavy atom. The summed E-state index contributed by atoms with van der Waals surface area (Å²) in [4.78, 5) is 20.9. The number of hydrogen-bond donors (Lipinski definition) is 0. The van der Waals surface area contributed by atoms with E-state index in [0.29, 0.717) is 35.8 Å². The van der Waals surface area contributed by atoms with Crippen LogP contribution in [0.5, 0.6) is 0 Å². The molecule has 1 atom stereocenters. The summed E-state index contributed by atoms with van der Waals surface area (Å²) in [7, 11) is 0.433. The molecule has 6 rings (SSSR count). The fraction of sp³-hybridized carbons (Fsp3) is 0.433. The molecule has 0 spiro atoms. The standard InChI is InChI=1S/C30H34F4N6O2Si/c1-18-25-27(36-37(18)2)29(41)40(19-6-7-24-23(14-19)35-16-39(24)17-42-10-11-43(3,4)5)28(25)26-21(31)12-20(13-22(26)32)38-9-8-30(33,34)15-38/h6-7,12-14,16,28H,8-11,15,17H2,1-5H3. The summed E-state index contributed by atoms with van der Waals surface area (Å²) in [6.45, 7) is 8.95. The minimum atomic E-state index is -2.92. The molecule has 4 heterocycles. The zero-order valence-corrected chi connectivity index (χ0v) is 25.8. The normalized spacial score (nSPS) is 18.3. The number of rotatable bonds is 8. The van der Waals surface area contributed by atoms with Gasteiger partial charge in [0.1, 0.15) is 18.4 Å². The Morgan fingerprint density at radius 2 is 1.79 bits per heavy atom. The van der Waals surface area contributed by atoms with Gasteiger partial charge in [0.15, 0.2) is 5.69 Å². The number of hydrogen-bond acceptors (Lipinski definition) is 5. The first-order valence-corrected chi connectivity index (χ1v) is 18.0. The van der Waals surface area contributed by atoms with Crippen molar-refractivity contribution in [3.63, 3.8) is 0 Å². The number of fused-ring (bicyclic) bond motifs is 2. The molecule has 1 unspecified atom stereocenters. The van der Waals surface area contributed by atoms with Crippen LogP contribution in [0.2, 0.25) is 25.7 Å². The van der Waals surface area contributed by atoms with Crippen LogP contribution in [-0.4, -0.2) is 58.9 Å². The maximum Gasteiger partial charge on any atom is 0.280 e. The van der Waals surface area contributed by atoms with Gasteiger partial charge in [-0.15, -0.1) is 0 Å². The Kier molecular flexibility index (Phi) is 7.15. The van der Waals surface area contributed by atoms with Gasteiger partial charge in [-0.1, -0.05) is 19.6 Å². The highest BCUT2D eigenvalue weighted by Gasteiger charge is 2.46. The monoisotopic (exact) mass is 614 g/mol. The summed E-state index contributed by atoms with van der Waals surface area (Å²) in [6, 6.07) is 7.24. The Labute approximate surface area is 247 Å². The van der Waals surface area contributed by atoms with Crippen molar-refractivity contribution in [2.45, 2.75) is 57.7 Å². The fourth-order valence-corrected chi connectivity index (χ4v) is 6.58. The first-order chi connectivity index (χ1) is 20.2. The summed E-state index contributed by atoms with van der Waals surface area (Å²) in [6.07, 6.45) is 1.27. The average molecular weight is 615 g/mol. The van der Waals surface area contributed by atoms with Gasteiger partial charge in [-0.3, -0.25) is 14.4 Å². The molecule has 228 valence electrons. The first-order valence-electron chi connectivity index (χ1n) is 14.3. The molecule has 2 aromatic heterocycles.